The van der Waals surface area contributed by atoms with Gasteiger partial charge < -0.3 is 14.6 Å². The maximum atomic E-state index is 10.8. The molecule has 5 heteroatoms. The van der Waals surface area contributed by atoms with Crippen molar-refractivity contribution in [2.75, 3.05) is 6.61 Å². The molecular weight excluding hydrogens is 338 g/mol. The van der Waals surface area contributed by atoms with Crippen molar-refractivity contribution in [3.05, 3.63) is 59.4 Å². The molecule has 1 atom stereocenters. The van der Waals surface area contributed by atoms with Gasteiger partial charge in [-0.05, 0) is 69.0 Å². The minimum atomic E-state index is -0.124. The number of fused-ring (bicyclic) bond motifs is 1. The Hall–Kier alpha value is -2.82. The zero-order chi connectivity index (χ0) is 19.2. The van der Waals surface area contributed by atoms with Crippen molar-refractivity contribution in [2.24, 2.45) is 0 Å². The number of aromatic nitrogens is 2. The molecule has 0 aliphatic heterocycles. The molecule has 0 radical (unpaired) electrons. The van der Waals surface area contributed by atoms with Crippen molar-refractivity contribution in [3.63, 3.8) is 0 Å². The number of carbonyl (C=O) groups is 1. The topological polar surface area (TPSA) is 56.1 Å². The van der Waals surface area contributed by atoms with Gasteiger partial charge in [-0.2, -0.15) is 0 Å². The summed E-state index contributed by atoms with van der Waals surface area (Å²) in [6.45, 7) is 7.65. The minimum Gasteiger partial charge on any atom is -0.494 e. The van der Waals surface area contributed by atoms with Crippen LogP contribution in [0, 0.1) is 13.8 Å². The third kappa shape index (κ3) is 4.67. The Morgan fingerprint density at radius 2 is 1.89 bits per heavy atom. The van der Waals surface area contributed by atoms with E-state index >= 15 is 0 Å². The van der Waals surface area contributed by atoms with Crippen molar-refractivity contribution in [3.8, 4) is 5.75 Å². The van der Waals surface area contributed by atoms with E-state index in [1.54, 1.807) is 0 Å². The zero-order valence-electron chi connectivity index (χ0n) is 16.2. The number of nitrogens with one attached hydrogen (secondary N) is 1. The number of imidazole rings is 1. The SMILES string of the molecule is Cc1cc(C)cc(OCCCCn2c(C(C)NC=O)nc3ccccc32)c1. The molecule has 1 N–H and O–H groups in total. The number of hydrogen-bond donors (Lipinski definition) is 1. The number of amides is 1. The fourth-order valence-electron chi connectivity index (χ4n) is 3.41. The first-order valence-corrected chi connectivity index (χ1v) is 9.44. The van der Waals surface area contributed by atoms with E-state index in [4.69, 9.17) is 9.72 Å². The Balaban J connectivity index is 1.62. The van der Waals surface area contributed by atoms with Crippen LogP contribution in [0.3, 0.4) is 0 Å². The number of aryl methyl sites for hydroxylation is 3. The van der Waals surface area contributed by atoms with Crippen LogP contribution in [0.25, 0.3) is 11.0 Å². The molecule has 1 unspecified atom stereocenters. The monoisotopic (exact) mass is 365 g/mol. The summed E-state index contributed by atoms with van der Waals surface area (Å²) in [6.07, 6.45) is 2.66. The third-order valence-corrected chi connectivity index (χ3v) is 4.63. The van der Waals surface area contributed by atoms with E-state index in [2.05, 4.69) is 48.0 Å². The summed E-state index contributed by atoms with van der Waals surface area (Å²) in [6, 6.07) is 14.2. The summed E-state index contributed by atoms with van der Waals surface area (Å²) in [5.74, 6) is 1.82. The molecule has 0 spiro atoms. The second-order valence-electron chi connectivity index (χ2n) is 7.00. The molecule has 5 nitrogen and oxygen atoms in total. The number of ether oxygens (including phenoxy) is 1. The van der Waals surface area contributed by atoms with Crippen LogP contribution in [-0.2, 0) is 11.3 Å². The average molecular weight is 365 g/mol. The number of hydrogen-bond acceptors (Lipinski definition) is 3. The van der Waals surface area contributed by atoms with Gasteiger partial charge in [0.1, 0.15) is 11.6 Å². The van der Waals surface area contributed by atoms with Crippen molar-refractivity contribution >= 4 is 17.4 Å². The van der Waals surface area contributed by atoms with Crippen molar-refractivity contribution < 1.29 is 9.53 Å². The van der Waals surface area contributed by atoms with Crippen LogP contribution >= 0.6 is 0 Å². The summed E-state index contributed by atoms with van der Waals surface area (Å²) in [7, 11) is 0. The molecule has 0 aliphatic rings. The van der Waals surface area contributed by atoms with Crippen molar-refractivity contribution in [1.82, 2.24) is 14.9 Å². The van der Waals surface area contributed by atoms with Gasteiger partial charge in [0.05, 0.1) is 23.7 Å². The van der Waals surface area contributed by atoms with Gasteiger partial charge in [-0.15, -0.1) is 0 Å². The first-order valence-electron chi connectivity index (χ1n) is 9.44. The summed E-state index contributed by atoms with van der Waals surface area (Å²) in [4.78, 5) is 15.5. The van der Waals surface area contributed by atoms with E-state index in [-0.39, 0.29) is 6.04 Å². The van der Waals surface area contributed by atoms with Crippen LogP contribution in [-0.4, -0.2) is 22.6 Å². The van der Waals surface area contributed by atoms with Crippen molar-refractivity contribution in [2.45, 2.75) is 46.2 Å². The smallest absolute Gasteiger partial charge is 0.207 e. The van der Waals surface area contributed by atoms with Crippen molar-refractivity contribution in [1.29, 1.82) is 0 Å². The van der Waals surface area contributed by atoms with Gasteiger partial charge in [0.25, 0.3) is 0 Å². The number of nitrogens with zero attached hydrogens (tertiary/aromatic N) is 2. The largest absolute Gasteiger partial charge is 0.494 e. The Morgan fingerprint density at radius 1 is 1.15 bits per heavy atom. The Morgan fingerprint density at radius 3 is 2.63 bits per heavy atom. The van der Waals surface area contributed by atoms with E-state index in [0.717, 1.165) is 48.4 Å². The van der Waals surface area contributed by atoms with Crippen LogP contribution < -0.4 is 10.1 Å². The molecule has 0 saturated heterocycles. The Labute approximate surface area is 160 Å². The maximum absolute atomic E-state index is 10.8. The maximum Gasteiger partial charge on any atom is 0.207 e. The van der Waals surface area contributed by atoms with Crippen LogP contribution in [0.5, 0.6) is 5.75 Å². The van der Waals surface area contributed by atoms with Crippen LogP contribution in [0.2, 0.25) is 0 Å². The van der Waals surface area contributed by atoms with E-state index < -0.39 is 0 Å². The van der Waals surface area contributed by atoms with Crippen LogP contribution in [0.1, 0.15) is 42.8 Å². The molecule has 3 aromatic rings. The fourth-order valence-corrected chi connectivity index (χ4v) is 3.41. The molecular formula is C22H27N3O2. The number of benzene rings is 2. The average Bonchev–Trinajstić information content (AvgIpc) is 3.00. The molecule has 2 aromatic carbocycles. The third-order valence-electron chi connectivity index (χ3n) is 4.63. The van der Waals surface area contributed by atoms with Gasteiger partial charge >= 0.3 is 0 Å². The Bertz CT molecular complexity index is 897. The van der Waals surface area contributed by atoms with Gasteiger partial charge in [-0.3, -0.25) is 4.79 Å². The van der Waals surface area contributed by atoms with E-state index in [9.17, 15) is 4.79 Å². The van der Waals surface area contributed by atoms with Crippen LogP contribution in [0.4, 0.5) is 0 Å². The second kappa shape index (κ2) is 8.71. The van der Waals surface area contributed by atoms with E-state index in [0.29, 0.717) is 6.61 Å². The van der Waals surface area contributed by atoms with Gasteiger partial charge in [0.2, 0.25) is 6.41 Å². The summed E-state index contributed by atoms with van der Waals surface area (Å²) < 4.78 is 8.11. The highest BCUT2D eigenvalue weighted by Gasteiger charge is 2.15. The lowest BCUT2D eigenvalue weighted by atomic mass is 10.1. The highest BCUT2D eigenvalue weighted by atomic mass is 16.5. The molecule has 1 amide bonds. The number of unbranched alkanes of at least 4 members (excludes halogenated alkanes) is 1. The molecule has 27 heavy (non-hydrogen) atoms. The van der Waals surface area contributed by atoms with Gasteiger partial charge in [-0.1, -0.05) is 18.2 Å². The predicted molar refractivity (Wildman–Crippen MR) is 108 cm³/mol. The van der Waals surface area contributed by atoms with Gasteiger partial charge in [-0.25, -0.2) is 4.98 Å². The lowest BCUT2D eigenvalue weighted by Gasteiger charge is -2.14. The lowest BCUT2D eigenvalue weighted by molar-refractivity contribution is -0.110. The summed E-state index contributed by atoms with van der Waals surface area (Å²) >= 11 is 0. The molecule has 0 bridgehead atoms. The zero-order valence-corrected chi connectivity index (χ0v) is 16.2. The summed E-state index contributed by atoms with van der Waals surface area (Å²) in [5.41, 5.74) is 4.49. The Kier molecular flexibility index (Phi) is 6.12. The fraction of sp³-hybridized carbons (Fsp3) is 0.364. The first kappa shape index (κ1) is 19.0. The van der Waals surface area contributed by atoms with E-state index in [1.807, 2.05) is 25.1 Å². The van der Waals surface area contributed by atoms with E-state index in [1.165, 1.54) is 11.1 Å². The first-order chi connectivity index (χ1) is 13.1. The lowest BCUT2D eigenvalue weighted by Crippen LogP contribution is -2.20. The van der Waals surface area contributed by atoms with Gasteiger partial charge in [0, 0.05) is 6.54 Å². The molecule has 1 heterocycles. The highest BCUT2D eigenvalue weighted by Crippen LogP contribution is 2.21. The minimum absolute atomic E-state index is 0.124. The molecule has 0 aliphatic carbocycles. The van der Waals surface area contributed by atoms with Gasteiger partial charge in [0.15, 0.2) is 0 Å². The second-order valence-corrected chi connectivity index (χ2v) is 7.00. The quantitative estimate of drug-likeness (QED) is 0.454. The van der Waals surface area contributed by atoms with Crippen LogP contribution in [0.15, 0.2) is 42.5 Å². The number of carbonyl (C=O) groups excluding carboxylic acids is 1. The number of rotatable bonds is 9. The molecule has 1 aromatic heterocycles. The normalized spacial score (nSPS) is 12.1. The molecule has 3 rings (SSSR count). The number of para-hydroxylation sites is 2. The predicted octanol–water partition coefficient (Wildman–Crippen LogP) is 4.32. The standard InChI is InChI=1S/C22H27N3O2/c1-16-12-17(2)14-19(13-16)27-11-7-6-10-25-21-9-5-4-8-20(21)24-22(25)18(3)23-15-26/h4-5,8-9,12-15,18H,6-7,10-11H2,1-3H3,(H,23,26). The molecule has 142 valence electrons. The molecule has 0 fully saturated rings. The summed E-state index contributed by atoms with van der Waals surface area (Å²) in [5, 5.41) is 2.81. The molecule has 0 saturated carbocycles. The highest BCUT2D eigenvalue weighted by molar-refractivity contribution is 5.76.